The summed E-state index contributed by atoms with van der Waals surface area (Å²) in [6, 6.07) is 0. The highest BCUT2D eigenvalue weighted by molar-refractivity contribution is 5.81. The van der Waals surface area contributed by atoms with Gasteiger partial charge in [-0.1, -0.05) is 5.92 Å². The van der Waals surface area contributed by atoms with E-state index in [9.17, 15) is 0 Å². The predicted octanol–water partition coefficient (Wildman–Crippen LogP) is -0.0862. The lowest BCUT2D eigenvalue weighted by molar-refractivity contribution is 0.274. The third kappa shape index (κ3) is 2.87. The van der Waals surface area contributed by atoms with E-state index in [0.29, 0.717) is 11.3 Å². The third-order valence-electron chi connectivity index (χ3n) is 1.18. The van der Waals surface area contributed by atoms with Crippen LogP contribution in [0.3, 0.4) is 0 Å². The molecule has 0 saturated carbocycles. The first-order valence-corrected chi connectivity index (χ1v) is 3.16. The van der Waals surface area contributed by atoms with Gasteiger partial charge in [-0.3, -0.25) is 4.99 Å². The SMILES string of the molecule is C#CC(O)C(C=NC)=C(C)N. The summed E-state index contributed by atoms with van der Waals surface area (Å²) < 4.78 is 0. The van der Waals surface area contributed by atoms with Crippen LogP contribution >= 0.6 is 0 Å². The highest BCUT2D eigenvalue weighted by Gasteiger charge is 2.05. The summed E-state index contributed by atoms with van der Waals surface area (Å²) in [5.74, 6) is 2.16. The monoisotopic (exact) mass is 152 g/mol. The maximum absolute atomic E-state index is 9.15. The summed E-state index contributed by atoms with van der Waals surface area (Å²) in [7, 11) is 1.59. The van der Waals surface area contributed by atoms with Gasteiger partial charge in [0.15, 0.2) is 0 Å². The average Bonchev–Trinajstić information content (AvgIpc) is 1.98. The minimum Gasteiger partial charge on any atom is -0.402 e. The average molecular weight is 152 g/mol. The van der Waals surface area contributed by atoms with Gasteiger partial charge in [0.25, 0.3) is 0 Å². The molecule has 0 aliphatic rings. The van der Waals surface area contributed by atoms with E-state index in [0.717, 1.165) is 0 Å². The van der Waals surface area contributed by atoms with E-state index in [2.05, 4.69) is 10.9 Å². The van der Waals surface area contributed by atoms with Crippen molar-refractivity contribution >= 4 is 6.21 Å². The number of nitrogens with zero attached hydrogens (tertiary/aromatic N) is 1. The smallest absolute Gasteiger partial charge is 0.143 e. The number of terminal acetylenes is 1. The summed E-state index contributed by atoms with van der Waals surface area (Å²) in [5, 5.41) is 9.15. The van der Waals surface area contributed by atoms with Gasteiger partial charge in [0.05, 0.1) is 0 Å². The molecule has 0 saturated heterocycles. The van der Waals surface area contributed by atoms with Crippen molar-refractivity contribution in [2.24, 2.45) is 10.7 Å². The van der Waals surface area contributed by atoms with E-state index < -0.39 is 6.10 Å². The Balaban J connectivity index is 4.66. The van der Waals surface area contributed by atoms with E-state index >= 15 is 0 Å². The third-order valence-corrected chi connectivity index (χ3v) is 1.18. The highest BCUT2D eigenvalue weighted by atomic mass is 16.3. The van der Waals surface area contributed by atoms with Crippen molar-refractivity contribution < 1.29 is 5.11 Å². The van der Waals surface area contributed by atoms with Crippen molar-refractivity contribution in [3.8, 4) is 12.3 Å². The normalized spacial score (nSPS) is 15.8. The second-order valence-corrected chi connectivity index (χ2v) is 2.09. The molecule has 0 aliphatic carbocycles. The summed E-state index contributed by atoms with van der Waals surface area (Å²) in [4.78, 5) is 3.71. The molecule has 0 aliphatic heterocycles. The number of rotatable bonds is 2. The number of aliphatic hydroxyl groups excluding tert-OH is 1. The van der Waals surface area contributed by atoms with Crippen molar-refractivity contribution in [3.05, 3.63) is 11.3 Å². The van der Waals surface area contributed by atoms with E-state index in [1.165, 1.54) is 6.21 Å². The summed E-state index contributed by atoms with van der Waals surface area (Å²) in [6.45, 7) is 1.66. The second kappa shape index (κ2) is 4.53. The predicted molar refractivity (Wildman–Crippen MR) is 46.1 cm³/mol. The minimum atomic E-state index is -0.955. The number of hydrogen-bond acceptors (Lipinski definition) is 3. The van der Waals surface area contributed by atoms with Gasteiger partial charge in [-0.2, -0.15) is 0 Å². The minimum absolute atomic E-state index is 0.481. The molecule has 0 fully saturated rings. The fourth-order valence-corrected chi connectivity index (χ4v) is 0.617. The maximum Gasteiger partial charge on any atom is 0.143 e. The molecule has 0 aromatic carbocycles. The summed E-state index contributed by atoms with van der Waals surface area (Å²) in [6.07, 6.45) is 5.49. The van der Waals surface area contributed by atoms with Gasteiger partial charge >= 0.3 is 0 Å². The number of hydrogen-bond donors (Lipinski definition) is 2. The number of aliphatic imine (C=N–C) groups is 1. The van der Waals surface area contributed by atoms with Crippen molar-refractivity contribution in [2.75, 3.05) is 7.05 Å². The van der Waals surface area contributed by atoms with Crippen LogP contribution in [0.1, 0.15) is 6.92 Å². The zero-order chi connectivity index (χ0) is 8.85. The molecule has 0 aromatic rings. The Bertz CT molecular complexity index is 219. The lowest BCUT2D eigenvalue weighted by Gasteiger charge is -2.05. The van der Waals surface area contributed by atoms with Crippen LogP contribution in [-0.2, 0) is 0 Å². The molecule has 0 spiro atoms. The topological polar surface area (TPSA) is 58.6 Å². The fraction of sp³-hybridized carbons (Fsp3) is 0.375. The van der Waals surface area contributed by atoms with Gasteiger partial charge < -0.3 is 10.8 Å². The van der Waals surface area contributed by atoms with Gasteiger partial charge in [-0.15, -0.1) is 6.42 Å². The van der Waals surface area contributed by atoms with Crippen molar-refractivity contribution in [1.29, 1.82) is 0 Å². The molecule has 0 bridgehead atoms. The molecule has 0 radical (unpaired) electrons. The van der Waals surface area contributed by atoms with Gasteiger partial charge in [0.1, 0.15) is 6.10 Å². The number of allylic oxidation sites excluding steroid dienone is 1. The molecule has 0 heterocycles. The Labute approximate surface area is 66.6 Å². The first kappa shape index (κ1) is 9.73. The Morgan fingerprint density at radius 1 is 1.82 bits per heavy atom. The van der Waals surface area contributed by atoms with Crippen LogP contribution in [0.25, 0.3) is 0 Å². The first-order valence-electron chi connectivity index (χ1n) is 3.16. The van der Waals surface area contributed by atoms with Gasteiger partial charge in [-0.05, 0) is 6.92 Å². The lowest BCUT2D eigenvalue weighted by Crippen LogP contribution is -2.13. The molecule has 1 unspecified atom stereocenters. The van der Waals surface area contributed by atoms with Crippen LogP contribution in [0, 0.1) is 12.3 Å². The maximum atomic E-state index is 9.15. The molecule has 11 heavy (non-hydrogen) atoms. The van der Waals surface area contributed by atoms with Crippen LogP contribution in [0.5, 0.6) is 0 Å². The van der Waals surface area contributed by atoms with Crippen LogP contribution in [-0.4, -0.2) is 24.5 Å². The molecule has 1 atom stereocenters. The van der Waals surface area contributed by atoms with Crippen molar-refractivity contribution in [3.63, 3.8) is 0 Å². The van der Waals surface area contributed by atoms with Crippen molar-refractivity contribution in [2.45, 2.75) is 13.0 Å². The zero-order valence-corrected chi connectivity index (χ0v) is 6.70. The summed E-state index contributed by atoms with van der Waals surface area (Å²) >= 11 is 0. The van der Waals surface area contributed by atoms with Crippen LogP contribution < -0.4 is 5.73 Å². The number of nitrogens with two attached hydrogens (primary N) is 1. The molecule has 3 heteroatoms. The Kier molecular flexibility index (Phi) is 4.01. The Morgan fingerprint density at radius 2 is 2.36 bits per heavy atom. The van der Waals surface area contributed by atoms with E-state index in [4.69, 9.17) is 17.3 Å². The van der Waals surface area contributed by atoms with E-state index in [1.54, 1.807) is 14.0 Å². The van der Waals surface area contributed by atoms with Crippen molar-refractivity contribution in [1.82, 2.24) is 0 Å². The van der Waals surface area contributed by atoms with Crippen LogP contribution in [0.4, 0.5) is 0 Å². The standard InChI is InChI=1S/C8H12N2O/c1-4-8(11)7(5-10-3)6(2)9/h1,5,8,11H,9H2,2-3H3. The fourth-order valence-electron chi connectivity index (χ4n) is 0.617. The summed E-state index contributed by atoms with van der Waals surface area (Å²) in [5.41, 5.74) is 6.40. The van der Waals surface area contributed by atoms with E-state index in [-0.39, 0.29) is 0 Å². The van der Waals surface area contributed by atoms with Gasteiger partial charge in [-0.25, -0.2) is 0 Å². The quantitative estimate of drug-likeness (QED) is 0.429. The largest absolute Gasteiger partial charge is 0.402 e. The molecule has 0 rings (SSSR count). The molecule has 3 nitrogen and oxygen atoms in total. The molecule has 0 amide bonds. The van der Waals surface area contributed by atoms with Crippen LogP contribution in [0.2, 0.25) is 0 Å². The van der Waals surface area contributed by atoms with Crippen LogP contribution in [0.15, 0.2) is 16.3 Å². The molecule has 0 aromatic heterocycles. The molecule has 60 valence electrons. The van der Waals surface area contributed by atoms with Gasteiger partial charge in [0.2, 0.25) is 0 Å². The van der Waals surface area contributed by atoms with E-state index in [1.807, 2.05) is 0 Å². The Hall–Kier alpha value is -1.27. The Morgan fingerprint density at radius 3 is 2.64 bits per heavy atom. The second-order valence-electron chi connectivity index (χ2n) is 2.09. The number of aliphatic hydroxyl groups is 1. The van der Waals surface area contributed by atoms with Gasteiger partial charge in [0, 0.05) is 24.5 Å². The molecular weight excluding hydrogens is 140 g/mol. The highest BCUT2D eigenvalue weighted by Crippen LogP contribution is 2.01. The molecule has 3 N–H and O–H groups in total. The lowest BCUT2D eigenvalue weighted by atomic mass is 10.1. The first-order chi connectivity index (χ1) is 5.13. The molecular formula is C8H12N2O. The zero-order valence-electron chi connectivity index (χ0n) is 6.70.